The molecule has 2 atom stereocenters. The topological polar surface area (TPSA) is 76.3 Å². The first-order valence-electron chi connectivity index (χ1n) is 11.5. The smallest absolute Gasteiger partial charge is 0.261 e. The van der Waals surface area contributed by atoms with Crippen LogP contribution in [0.15, 0.2) is 34.9 Å². The molecular weight excluding hydrogens is 390 g/mol. The van der Waals surface area contributed by atoms with E-state index in [0.717, 1.165) is 41.8 Å². The molecule has 7 nitrogen and oxygen atoms in total. The van der Waals surface area contributed by atoms with Crippen LogP contribution in [-0.4, -0.2) is 53.5 Å². The second kappa shape index (κ2) is 8.93. The summed E-state index contributed by atoms with van der Waals surface area (Å²) in [4.78, 5) is 11.8. The van der Waals surface area contributed by atoms with Crippen LogP contribution in [0, 0.1) is 6.92 Å². The van der Waals surface area contributed by atoms with E-state index in [-0.39, 0.29) is 6.10 Å². The van der Waals surface area contributed by atoms with E-state index < -0.39 is 0 Å². The van der Waals surface area contributed by atoms with Gasteiger partial charge < -0.3 is 19.5 Å². The summed E-state index contributed by atoms with van der Waals surface area (Å²) in [6.07, 6.45) is 7.74. The van der Waals surface area contributed by atoms with Crippen molar-refractivity contribution in [3.8, 4) is 11.5 Å². The Morgan fingerprint density at radius 1 is 1.10 bits per heavy atom. The van der Waals surface area contributed by atoms with Crippen molar-refractivity contribution < 1.29 is 9.26 Å². The Bertz CT molecular complexity index is 1030. The SMILES string of the molecule is CO[C@H]1CN(c2nc3ccccc3cc2-c2nc(C)no2)CC[C@H]1NC1CCCCC1. The summed E-state index contributed by atoms with van der Waals surface area (Å²) in [5, 5.41) is 8.96. The van der Waals surface area contributed by atoms with Gasteiger partial charge in [-0.2, -0.15) is 4.98 Å². The van der Waals surface area contributed by atoms with Crippen molar-refractivity contribution in [2.24, 2.45) is 0 Å². The summed E-state index contributed by atoms with van der Waals surface area (Å²) in [6, 6.07) is 11.3. The van der Waals surface area contributed by atoms with E-state index in [1.807, 2.05) is 32.2 Å². The number of nitrogens with one attached hydrogen (secondary N) is 1. The Hall–Kier alpha value is -2.51. The van der Waals surface area contributed by atoms with Gasteiger partial charge in [-0.3, -0.25) is 0 Å². The molecule has 0 spiro atoms. The Balaban J connectivity index is 1.43. The van der Waals surface area contributed by atoms with Gasteiger partial charge in [0.2, 0.25) is 0 Å². The maximum atomic E-state index is 5.95. The molecule has 164 valence electrons. The van der Waals surface area contributed by atoms with Crippen LogP contribution in [0.25, 0.3) is 22.4 Å². The molecule has 1 aliphatic carbocycles. The average Bonchev–Trinajstić information content (AvgIpc) is 3.25. The van der Waals surface area contributed by atoms with Gasteiger partial charge in [0.25, 0.3) is 5.89 Å². The molecule has 2 aromatic heterocycles. The van der Waals surface area contributed by atoms with Gasteiger partial charge in [-0.15, -0.1) is 0 Å². The van der Waals surface area contributed by atoms with E-state index in [1.54, 1.807) is 0 Å². The van der Waals surface area contributed by atoms with Crippen molar-refractivity contribution >= 4 is 16.7 Å². The third-order valence-corrected chi connectivity index (χ3v) is 6.68. The molecule has 1 aromatic carbocycles. The highest BCUT2D eigenvalue weighted by molar-refractivity contribution is 5.87. The lowest BCUT2D eigenvalue weighted by Crippen LogP contribution is -2.56. The summed E-state index contributed by atoms with van der Waals surface area (Å²) in [6.45, 7) is 3.53. The lowest BCUT2D eigenvalue weighted by Gasteiger charge is -2.41. The van der Waals surface area contributed by atoms with Crippen LogP contribution in [0.1, 0.15) is 44.3 Å². The number of hydrogen-bond acceptors (Lipinski definition) is 7. The Kier molecular flexibility index (Phi) is 5.87. The van der Waals surface area contributed by atoms with Gasteiger partial charge in [0.05, 0.1) is 17.2 Å². The Morgan fingerprint density at radius 3 is 2.71 bits per heavy atom. The molecule has 3 aromatic rings. The average molecular weight is 422 g/mol. The minimum atomic E-state index is 0.112. The summed E-state index contributed by atoms with van der Waals surface area (Å²) in [7, 11) is 1.82. The molecule has 2 aliphatic rings. The maximum Gasteiger partial charge on any atom is 0.261 e. The van der Waals surface area contributed by atoms with E-state index in [4.69, 9.17) is 14.2 Å². The molecule has 31 heavy (non-hydrogen) atoms. The van der Waals surface area contributed by atoms with Crippen molar-refractivity contribution in [2.75, 3.05) is 25.1 Å². The second-order valence-corrected chi connectivity index (χ2v) is 8.82. The number of hydrogen-bond donors (Lipinski definition) is 1. The highest BCUT2D eigenvalue weighted by atomic mass is 16.5. The number of rotatable bonds is 5. The number of methoxy groups -OCH3 is 1. The van der Waals surface area contributed by atoms with Gasteiger partial charge in [0.1, 0.15) is 5.82 Å². The second-order valence-electron chi connectivity index (χ2n) is 8.82. The van der Waals surface area contributed by atoms with Crippen LogP contribution in [0.5, 0.6) is 0 Å². The number of para-hydroxylation sites is 1. The van der Waals surface area contributed by atoms with Gasteiger partial charge in [0.15, 0.2) is 5.82 Å². The number of aromatic nitrogens is 3. The van der Waals surface area contributed by atoms with Gasteiger partial charge in [-0.05, 0) is 38.3 Å². The molecule has 0 amide bonds. The van der Waals surface area contributed by atoms with E-state index in [1.165, 1.54) is 32.1 Å². The molecule has 5 rings (SSSR count). The number of anilines is 1. The number of benzene rings is 1. The van der Waals surface area contributed by atoms with Crippen molar-refractivity contribution in [3.63, 3.8) is 0 Å². The molecule has 0 radical (unpaired) electrons. The molecular formula is C24H31N5O2. The van der Waals surface area contributed by atoms with Crippen molar-refractivity contribution in [1.82, 2.24) is 20.4 Å². The standard InChI is InChI=1S/C24H31N5O2/c1-16-25-24(31-28-16)19-14-17-8-6-7-11-20(17)27-23(19)29-13-12-21(22(15-29)30-2)26-18-9-4-3-5-10-18/h6-8,11,14,18,21-22,26H,3-5,9-10,12-13,15H2,1-2H3/t21-,22+/m1/s1. The summed E-state index contributed by atoms with van der Waals surface area (Å²) in [5.74, 6) is 2.03. The van der Waals surface area contributed by atoms with Crippen LogP contribution in [0.3, 0.4) is 0 Å². The third kappa shape index (κ3) is 4.29. The largest absolute Gasteiger partial charge is 0.378 e. The molecule has 0 bridgehead atoms. The molecule has 1 saturated carbocycles. The van der Waals surface area contributed by atoms with Crippen LogP contribution in [0.2, 0.25) is 0 Å². The fourth-order valence-corrected chi connectivity index (χ4v) is 5.02. The Labute approximate surface area is 183 Å². The first-order valence-corrected chi connectivity index (χ1v) is 11.5. The Morgan fingerprint density at radius 2 is 1.94 bits per heavy atom. The first kappa shape index (κ1) is 20.4. The van der Waals surface area contributed by atoms with Crippen molar-refractivity contribution in [2.45, 2.75) is 63.6 Å². The number of piperidine rings is 1. The minimum Gasteiger partial charge on any atom is -0.378 e. The van der Waals surface area contributed by atoms with E-state index in [2.05, 4.69) is 32.5 Å². The molecule has 3 heterocycles. The molecule has 0 unspecified atom stereocenters. The summed E-state index contributed by atoms with van der Waals surface area (Å²) in [5.41, 5.74) is 1.85. The summed E-state index contributed by atoms with van der Waals surface area (Å²) < 4.78 is 11.5. The number of fused-ring (bicyclic) bond motifs is 1. The van der Waals surface area contributed by atoms with Gasteiger partial charge in [-0.25, -0.2) is 4.98 Å². The fourth-order valence-electron chi connectivity index (χ4n) is 5.02. The van der Waals surface area contributed by atoms with Crippen LogP contribution < -0.4 is 10.2 Å². The van der Waals surface area contributed by atoms with Gasteiger partial charge >= 0.3 is 0 Å². The third-order valence-electron chi connectivity index (χ3n) is 6.68. The van der Waals surface area contributed by atoms with Gasteiger partial charge in [0, 0.05) is 37.7 Å². The lowest BCUT2D eigenvalue weighted by atomic mass is 9.92. The number of pyridine rings is 1. The number of aryl methyl sites for hydroxylation is 1. The zero-order valence-corrected chi connectivity index (χ0v) is 18.4. The lowest BCUT2D eigenvalue weighted by molar-refractivity contribution is 0.0534. The quantitative estimate of drug-likeness (QED) is 0.664. The fraction of sp³-hybridized carbons (Fsp3) is 0.542. The highest BCUT2D eigenvalue weighted by Crippen LogP contribution is 2.33. The number of nitrogens with zero attached hydrogens (tertiary/aromatic N) is 4. The predicted octanol–water partition coefficient (Wildman–Crippen LogP) is 4.11. The predicted molar refractivity (Wildman–Crippen MR) is 121 cm³/mol. The van der Waals surface area contributed by atoms with E-state index in [9.17, 15) is 0 Å². The van der Waals surface area contributed by atoms with Crippen molar-refractivity contribution in [1.29, 1.82) is 0 Å². The molecule has 1 N–H and O–H groups in total. The monoisotopic (exact) mass is 421 g/mol. The van der Waals surface area contributed by atoms with Crippen molar-refractivity contribution in [3.05, 3.63) is 36.2 Å². The van der Waals surface area contributed by atoms with E-state index in [0.29, 0.717) is 23.8 Å². The van der Waals surface area contributed by atoms with E-state index >= 15 is 0 Å². The first-order chi connectivity index (χ1) is 15.2. The molecule has 1 aliphatic heterocycles. The maximum absolute atomic E-state index is 5.95. The molecule has 2 fully saturated rings. The van der Waals surface area contributed by atoms with Crippen LogP contribution >= 0.6 is 0 Å². The van der Waals surface area contributed by atoms with Gasteiger partial charge in [-0.1, -0.05) is 42.6 Å². The summed E-state index contributed by atoms with van der Waals surface area (Å²) >= 11 is 0. The molecule has 1 saturated heterocycles. The van der Waals surface area contributed by atoms with Crippen LogP contribution in [-0.2, 0) is 4.74 Å². The minimum absolute atomic E-state index is 0.112. The highest BCUT2D eigenvalue weighted by Gasteiger charge is 2.33. The zero-order valence-electron chi connectivity index (χ0n) is 18.4. The normalized spacial score (nSPS) is 22.8. The number of ether oxygens (including phenoxy) is 1. The van der Waals surface area contributed by atoms with Crippen LogP contribution in [0.4, 0.5) is 5.82 Å². The zero-order chi connectivity index (χ0) is 21.2. The molecule has 7 heteroatoms.